The molecular weight excluding hydrogens is 194 g/mol. The quantitative estimate of drug-likeness (QED) is 0.320. The van der Waals surface area contributed by atoms with Gasteiger partial charge in [-0.3, -0.25) is 14.9 Å². The fourth-order valence-corrected chi connectivity index (χ4v) is 0.773. The van der Waals surface area contributed by atoms with E-state index in [0.29, 0.717) is 6.54 Å². The Morgan fingerprint density at radius 3 is 2.40 bits per heavy atom. The molecule has 0 spiro atoms. The van der Waals surface area contributed by atoms with Crippen molar-refractivity contribution >= 4 is 11.8 Å². The van der Waals surface area contributed by atoms with Crippen LogP contribution in [0.2, 0.25) is 0 Å². The van der Waals surface area contributed by atoms with E-state index in [2.05, 4.69) is 17.2 Å². The van der Waals surface area contributed by atoms with Crippen molar-refractivity contribution in [1.82, 2.24) is 5.32 Å². The van der Waals surface area contributed by atoms with Gasteiger partial charge < -0.3 is 4.74 Å². The lowest BCUT2D eigenvalue weighted by molar-refractivity contribution is -0.153. The van der Waals surface area contributed by atoms with Gasteiger partial charge >= 0.3 is 5.97 Å². The van der Waals surface area contributed by atoms with Crippen LogP contribution in [0.15, 0.2) is 0 Å². The summed E-state index contributed by atoms with van der Waals surface area (Å²) in [5.41, 5.74) is -0.468. The maximum atomic E-state index is 11.2. The summed E-state index contributed by atoms with van der Waals surface area (Å²) >= 11 is 0. The standard InChI is InChI=1S/C11H17NO3/c1-9(13)6-5-7-12-8-10(14)15-11(2,3)4/h12H,7-8H2,1-4H3. The first-order chi connectivity index (χ1) is 6.81. The zero-order valence-electron chi connectivity index (χ0n) is 9.64. The van der Waals surface area contributed by atoms with Crippen LogP contribution < -0.4 is 5.32 Å². The molecule has 0 aliphatic rings. The highest BCUT2D eigenvalue weighted by atomic mass is 16.6. The van der Waals surface area contributed by atoms with Crippen LogP contribution in [-0.2, 0) is 14.3 Å². The molecule has 0 aliphatic heterocycles. The van der Waals surface area contributed by atoms with Gasteiger partial charge in [-0.15, -0.1) is 0 Å². The molecule has 0 saturated carbocycles. The van der Waals surface area contributed by atoms with Gasteiger partial charge in [-0.05, 0) is 26.7 Å². The van der Waals surface area contributed by atoms with Gasteiger partial charge in [0, 0.05) is 6.92 Å². The molecule has 0 aromatic heterocycles. The van der Waals surface area contributed by atoms with Gasteiger partial charge in [0.2, 0.25) is 5.78 Å². The number of rotatable bonds is 3. The molecule has 84 valence electrons. The van der Waals surface area contributed by atoms with Gasteiger partial charge in [0.15, 0.2) is 0 Å². The molecule has 0 fully saturated rings. The highest BCUT2D eigenvalue weighted by Gasteiger charge is 2.15. The van der Waals surface area contributed by atoms with Gasteiger partial charge in [0.05, 0.1) is 13.1 Å². The topological polar surface area (TPSA) is 55.4 Å². The Bertz CT molecular complexity index is 291. The molecule has 0 saturated heterocycles. The molecule has 15 heavy (non-hydrogen) atoms. The number of Topliss-reactive ketones (excluding diaryl/α,β-unsaturated/α-hetero) is 1. The summed E-state index contributed by atoms with van der Waals surface area (Å²) in [5.74, 6) is 4.44. The van der Waals surface area contributed by atoms with Crippen LogP contribution in [0.4, 0.5) is 0 Å². The number of hydrogen-bond donors (Lipinski definition) is 1. The molecule has 0 unspecified atom stereocenters. The van der Waals surface area contributed by atoms with Crippen LogP contribution in [0.5, 0.6) is 0 Å². The molecule has 0 heterocycles. The Labute approximate surface area is 90.4 Å². The molecule has 0 radical (unpaired) electrons. The van der Waals surface area contributed by atoms with Crippen molar-refractivity contribution in [3.8, 4) is 11.8 Å². The lowest BCUT2D eigenvalue weighted by Crippen LogP contribution is -2.31. The summed E-state index contributed by atoms with van der Waals surface area (Å²) < 4.78 is 5.05. The molecular formula is C11H17NO3. The Morgan fingerprint density at radius 1 is 1.33 bits per heavy atom. The van der Waals surface area contributed by atoms with Crippen LogP contribution in [0.3, 0.4) is 0 Å². The molecule has 0 atom stereocenters. The average molecular weight is 211 g/mol. The smallest absolute Gasteiger partial charge is 0.320 e. The Balaban J connectivity index is 3.67. The van der Waals surface area contributed by atoms with E-state index >= 15 is 0 Å². The van der Waals surface area contributed by atoms with Gasteiger partial charge in [-0.2, -0.15) is 0 Å². The maximum absolute atomic E-state index is 11.2. The third-order valence-corrected chi connectivity index (χ3v) is 1.17. The van der Waals surface area contributed by atoms with Crippen LogP contribution in [0.1, 0.15) is 27.7 Å². The predicted molar refractivity (Wildman–Crippen MR) is 57.2 cm³/mol. The molecule has 1 N–H and O–H groups in total. The first-order valence-corrected chi connectivity index (χ1v) is 4.73. The van der Waals surface area contributed by atoms with E-state index < -0.39 is 5.60 Å². The SMILES string of the molecule is CC(=O)C#CCNCC(=O)OC(C)(C)C. The number of carbonyl (C=O) groups excluding carboxylic acids is 2. The van der Waals surface area contributed by atoms with Gasteiger partial charge in [0.1, 0.15) is 5.60 Å². The minimum Gasteiger partial charge on any atom is -0.459 e. The zero-order chi connectivity index (χ0) is 11.9. The van der Waals surface area contributed by atoms with Crippen LogP contribution in [-0.4, -0.2) is 30.4 Å². The molecule has 4 heteroatoms. The maximum Gasteiger partial charge on any atom is 0.320 e. The van der Waals surface area contributed by atoms with E-state index in [4.69, 9.17) is 4.74 Å². The minimum atomic E-state index is -0.468. The summed E-state index contributed by atoms with van der Waals surface area (Å²) in [5, 5.41) is 2.76. The second kappa shape index (κ2) is 6.20. The predicted octanol–water partition coefficient (Wildman–Crippen LogP) is 0.510. The highest BCUT2D eigenvalue weighted by Crippen LogP contribution is 2.05. The van der Waals surface area contributed by atoms with Crippen LogP contribution in [0.25, 0.3) is 0 Å². The highest BCUT2D eigenvalue weighted by molar-refractivity contribution is 5.93. The number of ketones is 1. The summed E-state index contributed by atoms with van der Waals surface area (Å²) in [4.78, 5) is 21.6. The van der Waals surface area contributed by atoms with Crippen molar-refractivity contribution in [3.63, 3.8) is 0 Å². The fraction of sp³-hybridized carbons (Fsp3) is 0.636. The fourth-order valence-electron chi connectivity index (χ4n) is 0.773. The van der Waals surface area contributed by atoms with E-state index in [1.54, 1.807) is 20.8 Å². The normalized spacial score (nSPS) is 10.1. The van der Waals surface area contributed by atoms with E-state index in [-0.39, 0.29) is 18.3 Å². The van der Waals surface area contributed by atoms with Crippen molar-refractivity contribution in [2.75, 3.05) is 13.1 Å². The first kappa shape index (κ1) is 13.7. The summed E-state index contributed by atoms with van der Waals surface area (Å²) in [6.45, 7) is 7.21. The van der Waals surface area contributed by atoms with Crippen molar-refractivity contribution in [2.45, 2.75) is 33.3 Å². The van der Waals surface area contributed by atoms with Crippen molar-refractivity contribution in [3.05, 3.63) is 0 Å². The van der Waals surface area contributed by atoms with E-state index in [9.17, 15) is 9.59 Å². The van der Waals surface area contributed by atoms with Gasteiger partial charge in [-0.25, -0.2) is 0 Å². The van der Waals surface area contributed by atoms with Crippen molar-refractivity contribution < 1.29 is 14.3 Å². The molecule has 0 aliphatic carbocycles. The first-order valence-electron chi connectivity index (χ1n) is 4.73. The Kier molecular flexibility index (Phi) is 5.65. The molecule has 0 amide bonds. The summed E-state index contributed by atoms with van der Waals surface area (Å²) in [6, 6.07) is 0. The van der Waals surface area contributed by atoms with Crippen molar-refractivity contribution in [2.24, 2.45) is 0 Å². The van der Waals surface area contributed by atoms with Gasteiger partial charge in [0.25, 0.3) is 0 Å². The Hall–Kier alpha value is -1.34. The van der Waals surface area contributed by atoms with E-state index in [1.165, 1.54) is 6.92 Å². The summed E-state index contributed by atoms with van der Waals surface area (Å²) in [7, 11) is 0. The number of hydrogen-bond acceptors (Lipinski definition) is 4. The molecule has 0 aromatic rings. The number of nitrogens with one attached hydrogen (secondary N) is 1. The Morgan fingerprint density at radius 2 is 1.93 bits per heavy atom. The van der Waals surface area contributed by atoms with Gasteiger partial charge in [-0.1, -0.05) is 5.92 Å². The lowest BCUT2D eigenvalue weighted by atomic mass is 10.2. The third-order valence-electron chi connectivity index (χ3n) is 1.17. The zero-order valence-corrected chi connectivity index (χ0v) is 9.64. The van der Waals surface area contributed by atoms with E-state index in [0.717, 1.165) is 0 Å². The monoisotopic (exact) mass is 211 g/mol. The number of esters is 1. The second-order valence-electron chi connectivity index (χ2n) is 4.05. The van der Waals surface area contributed by atoms with Crippen molar-refractivity contribution in [1.29, 1.82) is 0 Å². The molecule has 0 bridgehead atoms. The average Bonchev–Trinajstić information content (AvgIpc) is 1.99. The molecule has 0 rings (SSSR count). The largest absolute Gasteiger partial charge is 0.459 e. The third kappa shape index (κ3) is 10.6. The number of carbonyl (C=O) groups is 2. The second-order valence-corrected chi connectivity index (χ2v) is 4.05. The van der Waals surface area contributed by atoms with E-state index in [1.807, 2.05) is 0 Å². The lowest BCUT2D eigenvalue weighted by Gasteiger charge is -2.19. The number of ether oxygens (including phenoxy) is 1. The summed E-state index contributed by atoms with van der Waals surface area (Å²) in [6.07, 6.45) is 0. The van der Waals surface area contributed by atoms with Crippen LogP contribution >= 0.6 is 0 Å². The van der Waals surface area contributed by atoms with Crippen LogP contribution in [0, 0.1) is 11.8 Å². The minimum absolute atomic E-state index is 0.101. The molecule has 4 nitrogen and oxygen atoms in total. The molecule has 0 aromatic carbocycles.